The minimum atomic E-state index is -0.221. The van der Waals surface area contributed by atoms with Gasteiger partial charge in [-0.2, -0.15) is 0 Å². The molecule has 0 bridgehead atoms. The van der Waals surface area contributed by atoms with Crippen molar-refractivity contribution in [2.24, 2.45) is 4.99 Å². The number of rotatable bonds is 4. The summed E-state index contributed by atoms with van der Waals surface area (Å²) in [5, 5.41) is 5.40. The zero-order chi connectivity index (χ0) is 22.1. The van der Waals surface area contributed by atoms with E-state index in [-0.39, 0.29) is 5.91 Å². The Labute approximate surface area is 194 Å². The second-order valence-corrected chi connectivity index (χ2v) is 8.86. The fourth-order valence-corrected chi connectivity index (χ4v) is 4.67. The summed E-state index contributed by atoms with van der Waals surface area (Å²) in [5.41, 5.74) is 4.63. The number of aliphatic imine (C=N–C) groups is 1. The number of carbonyl (C=O) groups excluding carboxylic acids is 1. The Morgan fingerprint density at radius 3 is 2.52 bits per heavy atom. The molecular formula is C23H19Cl2N3O2S. The van der Waals surface area contributed by atoms with Crippen molar-refractivity contribution in [2.75, 3.05) is 4.90 Å². The number of hydrogen-bond donors (Lipinski definition) is 0. The molecule has 158 valence electrons. The third-order valence-corrected chi connectivity index (χ3v) is 6.72. The fraction of sp³-hybridized carbons (Fsp3) is 0.174. The zero-order valence-corrected chi connectivity index (χ0v) is 19.5. The van der Waals surface area contributed by atoms with E-state index >= 15 is 0 Å². The van der Waals surface area contributed by atoms with Crippen molar-refractivity contribution in [3.63, 3.8) is 0 Å². The number of hydrogen-bond acceptors (Lipinski definition) is 5. The molecule has 0 fully saturated rings. The second kappa shape index (κ2) is 8.91. The van der Waals surface area contributed by atoms with Gasteiger partial charge in [-0.3, -0.25) is 9.69 Å². The van der Waals surface area contributed by atoms with Crippen LogP contribution in [0.2, 0.25) is 10.0 Å². The fourth-order valence-electron chi connectivity index (χ4n) is 3.14. The maximum Gasteiger partial charge on any atom is 0.283 e. The Bertz CT molecular complexity index is 1200. The molecule has 0 aliphatic carbocycles. The summed E-state index contributed by atoms with van der Waals surface area (Å²) in [5.74, 6) is 1.13. The Morgan fingerprint density at radius 2 is 1.84 bits per heavy atom. The van der Waals surface area contributed by atoms with Gasteiger partial charge in [0.2, 0.25) is 0 Å². The van der Waals surface area contributed by atoms with E-state index < -0.39 is 0 Å². The van der Waals surface area contributed by atoms with Crippen molar-refractivity contribution in [1.29, 1.82) is 0 Å². The summed E-state index contributed by atoms with van der Waals surface area (Å²) in [6.45, 7) is 5.78. The van der Waals surface area contributed by atoms with E-state index in [1.54, 1.807) is 29.2 Å². The van der Waals surface area contributed by atoms with Gasteiger partial charge in [0.15, 0.2) is 5.17 Å². The number of aromatic nitrogens is 1. The van der Waals surface area contributed by atoms with Gasteiger partial charge in [0.05, 0.1) is 21.4 Å². The van der Waals surface area contributed by atoms with Crippen LogP contribution in [-0.4, -0.2) is 16.2 Å². The molecule has 0 radical (unpaired) electrons. The molecule has 0 spiro atoms. The van der Waals surface area contributed by atoms with Gasteiger partial charge < -0.3 is 4.52 Å². The molecule has 31 heavy (non-hydrogen) atoms. The molecular weight excluding hydrogens is 453 g/mol. The molecule has 2 aromatic carbocycles. The van der Waals surface area contributed by atoms with E-state index in [1.165, 1.54) is 11.8 Å². The van der Waals surface area contributed by atoms with Gasteiger partial charge in [-0.25, -0.2) is 4.99 Å². The highest BCUT2D eigenvalue weighted by Gasteiger charge is 2.32. The third kappa shape index (κ3) is 4.42. The van der Waals surface area contributed by atoms with E-state index in [9.17, 15) is 4.79 Å². The molecule has 1 aliphatic heterocycles. The Morgan fingerprint density at radius 1 is 1.10 bits per heavy atom. The Balaban J connectivity index is 1.72. The summed E-state index contributed by atoms with van der Waals surface area (Å²) in [6.07, 6.45) is 1.67. The molecule has 3 aromatic rings. The lowest BCUT2D eigenvalue weighted by atomic mass is 10.2. The van der Waals surface area contributed by atoms with E-state index in [2.05, 4.69) is 10.1 Å². The van der Waals surface area contributed by atoms with Crippen LogP contribution in [0.5, 0.6) is 0 Å². The molecule has 0 unspecified atom stereocenters. The number of halogens is 2. The van der Waals surface area contributed by atoms with Gasteiger partial charge in [0, 0.05) is 11.3 Å². The lowest BCUT2D eigenvalue weighted by molar-refractivity contribution is -0.113. The highest BCUT2D eigenvalue weighted by molar-refractivity contribution is 8.13. The number of benzene rings is 2. The van der Waals surface area contributed by atoms with Crippen molar-refractivity contribution >= 4 is 57.8 Å². The topological polar surface area (TPSA) is 58.7 Å². The van der Waals surface area contributed by atoms with Crippen LogP contribution in [-0.2, 0) is 10.5 Å². The summed E-state index contributed by atoms with van der Waals surface area (Å²) in [7, 11) is 0. The largest absolute Gasteiger partial charge is 0.361 e. The molecule has 2 heterocycles. The highest BCUT2D eigenvalue weighted by atomic mass is 35.5. The maximum atomic E-state index is 13.3. The first-order chi connectivity index (χ1) is 14.8. The van der Waals surface area contributed by atoms with Gasteiger partial charge in [0.1, 0.15) is 11.5 Å². The second-order valence-electron chi connectivity index (χ2n) is 7.13. The van der Waals surface area contributed by atoms with Crippen molar-refractivity contribution in [3.8, 4) is 0 Å². The Kier molecular flexibility index (Phi) is 6.23. The average molecular weight is 472 g/mol. The predicted octanol–water partition coefficient (Wildman–Crippen LogP) is 6.58. The minimum Gasteiger partial charge on any atom is -0.361 e. The lowest BCUT2D eigenvalue weighted by Gasteiger charge is -2.18. The van der Waals surface area contributed by atoms with Crippen molar-refractivity contribution in [2.45, 2.75) is 26.5 Å². The van der Waals surface area contributed by atoms with Gasteiger partial charge in [-0.05, 0) is 50.6 Å². The molecule has 0 atom stereocenters. The number of amidine groups is 1. The number of aryl methyl sites for hydroxylation is 3. The third-order valence-electron chi connectivity index (χ3n) is 4.92. The van der Waals surface area contributed by atoms with Crippen LogP contribution in [0.25, 0.3) is 6.08 Å². The first kappa shape index (κ1) is 21.7. The van der Waals surface area contributed by atoms with Gasteiger partial charge in [-0.15, -0.1) is 0 Å². The van der Waals surface area contributed by atoms with Crippen LogP contribution >= 0.6 is 35.0 Å². The number of anilines is 1. The van der Waals surface area contributed by atoms with Crippen molar-refractivity contribution in [1.82, 2.24) is 5.16 Å². The maximum absolute atomic E-state index is 13.3. The van der Waals surface area contributed by atoms with E-state index in [4.69, 9.17) is 27.7 Å². The molecule has 0 saturated heterocycles. The molecule has 1 aromatic heterocycles. The van der Waals surface area contributed by atoms with Crippen LogP contribution in [0.4, 0.5) is 5.69 Å². The first-order valence-corrected chi connectivity index (χ1v) is 11.3. The smallest absolute Gasteiger partial charge is 0.283 e. The monoisotopic (exact) mass is 471 g/mol. The zero-order valence-electron chi connectivity index (χ0n) is 17.1. The first-order valence-electron chi connectivity index (χ1n) is 9.55. The van der Waals surface area contributed by atoms with Crippen LogP contribution < -0.4 is 4.90 Å². The summed E-state index contributed by atoms with van der Waals surface area (Å²) < 4.78 is 5.26. The molecule has 4 rings (SSSR count). The predicted molar refractivity (Wildman–Crippen MR) is 128 cm³/mol. The normalized spacial score (nSPS) is 15.1. The van der Waals surface area contributed by atoms with Gasteiger partial charge >= 0.3 is 0 Å². The SMILES string of the molecule is Cc1ccc(N2C(=O)C(=Cc3cccc(Cl)c3Cl)N=C2SCc2c(C)noc2C)cc1. The summed E-state index contributed by atoms with van der Waals surface area (Å²) in [4.78, 5) is 19.6. The van der Waals surface area contributed by atoms with Gasteiger partial charge in [-0.1, -0.05) is 69.9 Å². The number of carbonyl (C=O) groups is 1. The van der Waals surface area contributed by atoms with Crippen LogP contribution in [0.1, 0.15) is 28.1 Å². The van der Waals surface area contributed by atoms with Crippen LogP contribution in [0, 0.1) is 20.8 Å². The molecule has 0 N–H and O–H groups in total. The minimum absolute atomic E-state index is 0.221. The standard InChI is InChI=1S/C23H19Cl2N3O2S/c1-13-7-9-17(10-8-13)28-22(29)20(11-16-5-4-6-19(24)21(16)25)26-23(28)31-12-18-14(2)27-30-15(18)3/h4-11H,12H2,1-3H3. The highest BCUT2D eigenvalue weighted by Crippen LogP contribution is 2.34. The average Bonchev–Trinajstić information content (AvgIpc) is 3.23. The quantitative estimate of drug-likeness (QED) is 0.403. The number of amides is 1. The summed E-state index contributed by atoms with van der Waals surface area (Å²) in [6, 6.07) is 13.0. The Hall–Kier alpha value is -2.54. The molecule has 0 saturated carbocycles. The summed E-state index contributed by atoms with van der Waals surface area (Å²) >= 11 is 13.9. The molecule has 1 amide bonds. The molecule has 5 nitrogen and oxygen atoms in total. The van der Waals surface area contributed by atoms with Crippen molar-refractivity contribution < 1.29 is 9.32 Å². The van der Waals surface area contributed by atoms with E-state index in [0.29, 0.717) is 32.2 Å². The van der Waals surface area contributed by atoms with Crippen molar-refractivity contribution in [3.05, 3.63) is 86.4 Å². The van der Waals surface area contributed by atoms with Crippen LogP contribution in [0.15, 0.2) is 57.7 Å². The molecule has 8 heteroatoms. The lowest BCUT2D eigenvalue weighted by Crippen LogP contribution is -2.30. The van der Waals surface area contributed by atoms with E-state index in [1.807, 2.05) is 45.0 Å². The number of nitrogens with zero attached hydrogens (tertiary/aromatic N) is 3. The van der Waals surface area contributed by atoms with E-state index in [0.717, 1.165) is 28.3 Å². The number of thioether (sulfide) groups is 1. The van der Waals surface area contributed by atoms with Gasteiger partial charge in [0.25, 0.3) is 5.91 Å². The molecule has 1 aliphatic rings. The van der Waals surface area contributed by atoms with Crippen LogP contribution in [0.3, 0.4) is 0 Å².